The second-order valence-electron chi connectivity index (χ2n) is 2.65. The maximum atomic E-state index is 11.4. The molecule has 0 amide bonds. The monoisotopic (exact) mass is 173 g/mol. The zero-order valence-electron chi connectivity index (χ0n) is 6.78. The third-order valence-corrected chi connectivity index (χ3v) is 1.80. The largest absolute Gasteiger partial charge is 0.455 e. The summed E-state index contributed by atoms with van der Waals surface area (Å²) in [5.41, 5.74) is 0.411. The molecule has 0 bridgehead atoms. The topological polar surface area (TPSA) is 54.1 Å². The highest BCUT2D eigenvalue weighted by molar-refractivity contribution is 5.80. The summed E-state index contributed by atoms with van der Waals surface area (Å²) in [6, 6.07) is 8.30. The van der Waals surface area contributed by atoms with Crippen molar-refractivity contribution in [3.63, 3.8) is 0 Å². The predicted molar refractivity (Wildman–Crippen MR) is 50.4 cm³/mol. The molecule has 2 rings (SSSR count). The number of hydrogen-bond donors (Lipinski definition) is 1. The molecule has 0 atom stereocenters. The van der Waals surface area contributed by atoms with Crippen LogP contribution in [0.5, 0.6) is 0 Å². The molecule has 0 radical (unpaired) electrons. The van der Waals surface area contributed by atoms with Crippen molar-refractivity contribution >= 4 is 17.2 Å². The van der Waals surface area contributed by atoms with Gasteiger partial charge in [-0.05, 0) is 12.1 Å². The van der Waals surface area contributed by atoms with Gasteiger partial charge in [-0.15, -0.1) is 0 Å². The standard InChI is InChI=1S/C10H7NO2/c11-6-7-5-9(12)8-3-1-2-4-10(8)13-7/h1-6,11H. The van der Waals surface area contributed by atoms with Gasteiger partial charge < -0.3 is 9.83 Å². The van der Waals surface area contributed by atoms with E-state index in [4.69, 9.17) is 9.83 Å². The molecule has 1 aromatic heterocycles. The van der Waals surface area contributed by atoms with Gasteiger partial charge in [0.25, 0.3) is 0 Å². The first-order chi connectivity index (χ1) is 6.31. The minimum absolute atomic E-state index is 0.111. The van der Waals surface area contributed by atoms with Crippen molar-refractivity contribution in [1.82, 2.24) is 0 Å². The van der Waals surface area contributed by atoms with Gasteiger partial charge >= 0.3 is 0 Å². The van der Waals surface area contributed by atoms with Gasteiger partial charge in [-0.1, -0.05) is 12.1 Å². The molecule has 0 aliphatic carbocycles. The Labute approximate surface area is 74.1 Å². The predicted octanol–water partition coefficient (Wildman–Crippen LogP) is 1.79. The van der Waals surface area contributed by atoms with Gasteiger partial charge in [0, 0.05) is 6.07 Å². The van der Waals surface area contributed by atoms with E-state index in [9.17, 15) is 4.79 Å². The van der Waals surface area contributed by atoms with Gasteiger partial charge in [-0.3, -0.25) is 4.79 Å². The summed E-state index contributed by atoms with van der Waals surface area (Å²) in [6.07, 6.45) is 1.02. The van der Waals surface area contributed by atoms with E-state index in [0.29, 0.717) is 11.0 Å². The van der Waals surface area contributed by atoms with Crippen LogP contribution in [-0.4, -0.2) is 6.21 Å². The highest BCUT2D eigenvalue weighted by Crippen LogP contribution is 2.09. The van der Waals surface area contributed by atoms with E-state index in [0.717, 1.165) is 6.21 Å². The van der Waals surface area contributed by atoms with E-state index in [2.05, 4.69) is 0 Å². The minimum atomic E-state index is -0.111. The van der Waals surface area contributed by atoms with Crippen molar-refractivity contribution < 1.29 is 4.42 Å². The zero-order valence-corrected chi connectivity index (χ0v) is 6.78. The van der Waals surface area contributed by atoms with E-state index in [1.807, 2.05) is 0 Å². The molecule has 0 aliphatic heterocycles. The van der Waals surface area contributed by atoms with E-state index in [-0.39, 0.29) is 11.2 Å². The summed E-state index contributed by atoms with van der Waals surface area (Å²) < 4.78 is 5.25. The maximum Gasteiger partial charge on any atom is 0.193 e. The molecule has 0 aliphatic rings. The second kappa shape index (κ2) is 2.86. The zero-order chi connectivity index (χ0) is 9.26. The lowest BCUT2D eigenvalue weighted by Gasteiger charge is -1.96. The Hall–Kier alpha value is -1.90. The lowest BCUT2D eigenvalue weighted by atomic mass is 10.2. The molecule has 0 fully saturated rings. The van der Waals surface area contributed by atoms with Crippen LogP contribution in [0.25, 0.3) is 11.0 Å². The molecule has 0 unspecified atom stereocenters. The third-order valence-electron chi connectivity index (χ3n) is 1.80. The van der Waals surface area contributed by atoms with E-state index < -0.39 is 0 Å². The molecule has 1 heterocycles. The lowest BCUT2D eigenvalue weighted by molar-refractivity contribution is 0.594. The summed E-state index contributed by atoms with van der Waals surface area (Å²) in [5, 5.41) is 7.51. The first kappa shape index (κ1) is 7.73. The van der Waals surface area contributed by atoms with Crippen molar-refractivity contribution in [2.45, 2.75) is 0 Å². The van der Waals surface area contributed by atoms with Crippen LogP contribution in [0.2, 0.25) is 0 Å². The highest BCUT2D eigenvalue weighted by Gasteiger charge is 2.00. The van der Waals surface area contributed by atoms with Crippen LogP contribution < -0.4 is 5.43 Å². The van der Waals surface area contributed by atoms with Crippen LogP contribution in [-0.2, 0) is 0 Å². The molecule has 2 aromatic rings. The molecule has 0 spiro atoms. The Kier molecular flexibility index (Phi) is 1.70. The fraction of sp³-hybridized carbons (Fsp3) is 0. The van der Waals surface area contributed by atoms with Gasteiger partial charge in [0.1, 0.15) is 11.3 Å². The first-order valence-corrected chi connectivity index (χ1v) is 3.84. The van der Waals surface area contributed by atoms with Crippen LogP contribution in [0.3, 0.4) is 0 Å². The van der Waals surface area contributed by atoms with Crippen molar-refractivity contribution in [3.8, 4) is 0 Å². The molecule has 3 nitrogen and oxygen atoms in total. The quantitative estimate of drug-likeness (QED) is 0.668. The Balaban J connectivity index is 2.92. The minimum Gasteiger partial charge on any atom is -0.455 e. The van der Waals surface area contributed by atoms with Crippen LogP contribution >= 0.6 is 0 Å². The Bertz CT molecular complexity index is 514. The fourth-order valence-corrected chi connectivity index (χ4v) is 1.19. The Morgan fingerprint density at radius 2 is 2.08 bits per heavy atom. The summed E-state index contributed by atoms with van der Waals surface area (Å²) in [4.78, 5) is 11.4. The van der Waals surface area contributed by atoms with Crippen LogP contribution in [0.4, 0.5) is 0 Å². The fourth-order valence-electron chi connectivity index (χ4n) is 1.19. The van der Waals surface area contributed by atoms with Gasteiger partial charge in [0.2, 0.25) is 0 Å². The first-order valence-electron chi connectivity index (χ1n) is 3.84. The number of rotatable bonds is 1. The van der Waals surface area contributed by atoms with E-state index in [1.54, 1.807) is 24.3 Å². The normalized spacial score (nSPS) is 10.2. The van der Waals surface area contributed by atoms with Gasteiger partial charge in [0.15, 0.2) is 5.43 Å². The molecule has 0 saturated heterocycles. The average molecular weight is 173 g/mol. The molecule has 13 heavy (non-hydrogen) atoms. The summed E-state index contributed by atoms with van der Waals surface area (Å²) in [7, 11) is 0. The third kappa shape index (κ3) is 1.24. The molecule has 1 N–H and O–H groups in total. The van der Waals surface area contributed by atoms with Gasteiger partial charge in [-0.2, -0.15) is 0 Å². The Morgan fingerprint density at radius 1 is 1.31 bits per heavy atom. The second-order valence-corrected chi connectivity index (χ2v) is 2.65. The number of benzene rings is 1. The highest BCUT2D eigenvalue weighted by atomic mass is 16.3. The SMILES string of the molecule is N=Cc1cc(=O)c2ccccc2o1. The summed E-state index contributed by atoms with van der Waals surface area (Å²) >= 11 is 0. The van der Waals surface area contributed by atoms with Gasteiger partial charge in [0.05, 0.1) is 11.6 Å². The van der Waals surface area contributed by atoms with Gasteiger partial charge in [-0.25, -0.2) is 0 Å². The molecule has 3 heteroatoms. The molecular weight excluding hydrogens is 166 g/mol. The average Bonchev–Trinajstić information content (AvgIpc) is 2.18. The van der Waals surface area contributed by atoms with Crippen molar-refractivity contribution in [1.29, 1.82) is 5.41 Å². The maximum absolute atomic E-state index is 11.4. The summed E-state index contributed by atoms with van der Waals surface area (Å²) in [5.74, 6) is 0.281. The van der Waals surface area contributed by atoms with Crippen LogP contribution in [0.15, 0.2) is 39.5 Å². The van der Waals surface area contributed by atoms with E-state index >= 15 is 0 Å². The Morgan fingerprint density at radius 3 is 2.85 bits per heavy atom. The number of para-hydroxylation sites is 1. The molecule has 64 valence electrons. The molecule has 0 saturated carbocycles. The molecule has 1 aromatic carbocycles. The van der Waals surface area contributed by atoms with Crippen molar-refractivity contribution in [3.05, 3.63) is 46.3 Å². The van der Waals surface area contributed by atoms with Crippen LogP contribution in [0, 0.1) is 5.41 Å². The van der Waals surface area contributed by atoms with E-state index in [1.165, 1.54) is 6.07 Å². The number of hydrogen-bond acceptors (Lipinski definition) is 3. The molecular formula is C10H7NO2. The number of fused-ring (bicyclic) bond motifs is 1. The summed E-state index contributed by atoms with van der Waals surface area (Å²) in [6.45, 7) is 0. The lowest BCUT2D eigenvalue weighted by Crippen LogP contribution is -2.00. The van der Waals surface area contributed by atoms with Crippen molar-refractivity contribution in [2.24, 2.45) is 0 Å². The smallest absolute Gasteiger partial charge is 0.193 e. The van der Waals surface area contributed by atoms with Crippen molar-refractivity contribution in [2.75, 3.05) is 0 Å². The van der Waals surface area contributed by atoms with Crippen LogP contribution in [0.1, 0.15) is 5.76 Å². The number of nitrogens with one attached hydrogen (secondary N) is 1.